The minimum atomic E-state index is -4.84. The Morgan fingerprint density at radius 1 is 1.27 bits per heavy atom. The van der Waals surface area contributed by atoms with E-state index in [9.17, 15) is 18.0 Å². The summed E-state index contributed by atoms with van der Waals surface area (Å²) < 4.78 is 41.3. The zero-order valence-electron chi connectivity index (χ0n) is 12.1. The van der Waals surface area contributed by atoms with Crippen molar-refractivity contribution in [2.75, 3.05) is 0 Å². The molecule has 6 heteroatoms. The second-order valence-electron chi connectivity index (χ2n) is 5.32. The van der Waals surface area contributed by atoms with E-state index >= 15 is 0 Å². The van der Waals surface area contributed by atoms with Crippen LogP contribution in [-0.4, -0.2) is 18.3 Å². The summed E-state index contributed by atoms with van der Waals surface area (Å²) in [4.78, 5) is 12.3. The van der Waals surface area contributed by atoms with Crippen LogP contribution in [0.25, 0.3) is 6.08 Å². The molecular formula is C16H18F3NO2. The van der Waals surface area contributed by atoms with Gasteiger partial charge in [0.15, 0.2) is 0 Å². The Morgan fingerprint density at radius 2 is 1.95 bits per heavy atom. The summed E-state index contributed by atoms with van der Waals surface area (Å²) in [5.74, 6) is -1.04. The highest BCUT2D eigenvalue weighted by Crippen LogP contribution is 2.28. The number of hydrogen-bond acceptors (Lipinski definition) is 2. The van der Waals surface area contributed by atoms with Crippen LogP contribution in [-0.2, 0) is 0 Å². The molecule has 1 fully saturated rings. The number of halogens is 3. The Labute approximate surface area is 127 Å². The highest BCUT2D eigenvalue weighted by Gasteiger charge is 2.33. The van der Waals surface area contributed by atoms with Crippen molar-refractivity contribution in [2.45, 2.75) is 44.5 Å². The van der Waals surface area contributed by atoms with Crippen LogP contribution < -0.4 is 10.1 Å². The molecule has 0 atom stereocenters. The predicted molar refractivity (Wildman–Crippen MR) is 77.6 cm³/mol. The Morgan fingerprint density at radius 3 is 2.55 bits per heavy atom. The summed E-state index contributed by atoms with van der Waals surface area (Å²) in [6.45, 7) is 3.56. The molecule has 0 aliphatic heterocycles. The monoisotopic (exact) mass is 313 g/mol. The van der Waals surface area contributed by atoms with Crippen LogP contribution in [0.2, 0.25) is 0 Å². The first-order chi connectivity index (χ1) is 10.4. The van der Waals surface area contributed by atoms with Crippen LogP contribution in [0.3, 0.4) is 0 Å². The highest BCUT2D eigenvalue weighted by atomic mass is 19.4. The van der Waals surface area contributed by atoms with E-state index in [1.54, 1.807) is 0 Å². The lowest BCUT2D eigenvalue weighted by Gasteiger charge is -2.23. The van der Waals surface area contributed by atoms with Crippen LogP contribution in [0.4, 0.5) is 13.2 Å². The summed E-state index contributed by atoms with van der Waals surface area (Å²) >= 11 is 0. The van der Waals surface area contributed by atoms with E-state index < -0.39 is 18.0 Å². The first kappa shape index (κ1) is 16.4. The summed E-state index contributed by atoms with van der Waals surface area (Å²) in [6.07, 6.45) is 1.49. The van der Waals surface area contributed by atoms with Gasteiger partial charge in [-0.3, -0.25) is 4.79 Å². The van der Waals surface area contributed by atoms with Crippen LogP contribution in [0.5, 0.6) is 5.75 Å². The molecule has 2 rings (SSSR count). The predicted octanol–water partition coefficient (Wildman–Crippen LogP) is 4.29. The molecule has 1 N–H and O–H groups in total. The van der Waals surface area contributed by atoms with Gasteiger partial charge in [-0.2, -0.15) is 0 Å². The van der Waals surface area contributed by atoms with Gasteiger partial charge in [-0.05, 0) is 30.5 Å². The summed E-state index contributed by atoms with van der Waals surface area (Å²) in [5, 5.41) is 2.79. The average molecular weight is 313 g/mol. The number of carbonyl (C=O) groups is 1. The van der Waals surface area contributed by atoms with Crippen molar-refractivity contribution in [3.05, 3.63) is 35.9 Å². The second-order valence-corrected chi connectivity index (χ2v) is 5.32. The largest absolute Gasteiger partial charge is 0.573 e. The molecular weight excluding hydrogens is 295 g/mol. The third-order valence-corrected chi connectivity index (χ3v) is 3.65. The second kappa shape index (κ2) is 6.85. The van der Waals surface area contributed by atoms with Gasteiger partial charge in [0, 0.05) is 6.04 Å². The van der Waals surface area contributed by atoms with Crippen molar-refractivity contribution in [1.82, 2.24) is 5.32 Å². The van der Waals surface area contributed by atoms with E-state index in [1.165, 1.54) is 18.2 Å². The molecule has 1 saturated carbocycles. The maximum atomic E-state index is 12.5. The zero-order chi connectivity index (χ0) is 16.2. The molecule has 1 aromatic rings. The third kappa shape index (κ3) is 4.51. The van der Waals surface area contributed by atoms with Gasteiger partial charge in [0.05, 0.1) is 5.56 Å². The quantitative estimate of drug-likeness (QED) is 0.900. The minimum Gasteiger partial charge on any atom is -0.405 e. The number of amides is 1. The van der Waals surface area contributed by atoms with Crippen LogP contribution in [0.1, 0.15) is 48.0 Å². The van der Waals surface area contributed by atoms with Gasteiger partial charge in [0.1, 0.15) is 5.75 Å². The number of benzene rings is 1. The molecule has 22 heavy (non-hydrogen) atoms. The first-order valence-electron chi connectivity index (χ1n) is 7.22. The highest BCUT2D eigenvalue weighted by molar-refractivity contribution is 5.97. The van der Waals surface area contributed by atoms with Gasteiger partial charge >= 0.3 is 6.36 Å². The van der Waals surface area contributed by atoms with Crippen molar-refractivity contribution in [2.24, 2.45) is 0 Å². The number of rotatable bonds is 4. The van der Waals surface area contributed by atoms with Gasteiger partial charge in [0.2, 0.25) is 0 Å². The Balaban J connectivity index is 2.21. The van der Waals surface area contributed by atoms with E-state index in [-0.39, 0.29) is 11.6 Å². The topological polar surface area (TPSA) is 38.3 Å². The lowest BCUT2D eigenvalue weighted by atomic mass is 9.95. The smallest absolute Gasteiger partial charge is 0.405 e. The van der Waals surface area contributed by atoms with Gasteiger partial charge in [-0.25, -0.2) is 0 Å². The number of hydrogen-bond donors (Lipinski definition) is 1. The SMILES string of the molecule is C=Cc1ccc(OC(F)(F)F)c(C(=O)NC2CCCCC2)c1. The molecule has 0 aromatic heterocycles. The molecule has 0 saturated heterocycles. The van der Waals surface area contributed by atoms with Crippen molar-refractivity contribution < 1.29 is 22.7 Å². The van der Waals surface area contributed by atoms with Crippen molar-refractivity contribution in [3.8, 4) is 5.75 Å². The lowest BCUT2D eigenvalue weighted by Crippen LogP contribution is -2.36. The molecule has 1 amide bonds. The lowest BCUT2D eigenvalue weighted by molar-refractivity contribution is -0.274. The van der Waals surface area contributed by atoms with E-state index in [0.717, 1.165) is 38.2 Å². The third-order valence-electron chi connectivity index (χ3n) is 3.65. The number of alkyl halides is 3. The number of ether oxygens (including phenoxy) is 1. The summed E-state index contributed by atoms with van der Waals surface area (Å²) in [6, 6.07) is 3.92. The Bertz CT molecular complexity index is 549. The molecule has 0 radical (unpaired) electrons. The summed E-state index contributed by atoms with van der Waals surface area (Å²) in [7, 11) is 0. The van der Waals surface area contributed by atoms with Crippen LogP contribution in [0, 0.1) is 0 Å². The standard InChI is InChI=1S/C16H18F3NO2/c1-2-11-8-9-14(22-16(17,18)19)13(10-11)15(21)20-12-6-4-3-5-7-12/h2,8-10,12H,1,3-7H2,(H,20,21). The molecule has 0 unspecified atom stereocenters. The fourth-order valence-electron chi connectivity index (χ4n) is 2.58. The zero-order valence-corrected chi connectivity index (χ0v) is 12.1. The fraction of sp³-hybridized carbons (Fsp3) is 0.438. The number of nitrogens with one attached hydrogen (secondary N) is 1. The van der Waals surface area contributed by atoms with Crippen molar-refractivity contribution in [1.29, 1.82) is 0 Å². The molecule has 3 nitrogen and oxygen atoms in total. The average Bonchev–Trinajstić information content (AvgIpc) is 2.47. The minimum absolute atomic E-state index is 0.00683. The molecule has 0 spiro atoms. The van der Waals surface area contributed by atoms with E-state index in [2.05, 4.69) is 16.6 Å². The molecule has 120 valence electrons. The molecule has 1 aromatic carbocycles. The maximum Gasteiger partial charge on any atom is 0.573 e. The van der Waals surface area contributed by atoms with Gasteiger partial charge in [-0.1, -0.05) is 38.0 Å². The Hall–Kier alpha value is -1.98. The van der Waals surface area contributed by atoms with E-state index in [0.29, 0.717) is 5.56 Å². The van der Waals surface area contributed by atoms with E-state index in [4.69, 9.17) is 0 Å². The van der Waals surface area contributed by atoms with Crippen LogP contribution >= 0.6 is 0 Å². The molecule has 1 aliphatic rings. The van der Waals surface area contributed by atoms with E-state index in [1.807, 2.05) is 0 Å². The van der Waals surface area contributed by atoms with Gasteiger partial charge < -0.3 is 10.1 Å². The summed E-state index contributed by atoms with van der Waals surface area (Å²) in [5.41, 5.74) is 0.434. The molecule has 0 heterocycles. The molecule has 1 aliphatic carbocycles. The molecule has 0 bridgehead atoms. The van der Waals surface area contributed by atoms with Crippen LogP contribution in [0.15, 0.2) is 24.8 Å². The maximum absolute atomic E-state index is 12.5. The fourth-order valence-corrected chi connectivity index (χ4v) is 2.58. The van der Waals surface area contributed by atoms with Gasteiger partial charge in [0.25, 0.3) is 5.91 Å². The Kier molecular flexibility index (Phi) is 5.11. The number of carbonyl (C=O) groups excluding carboxylic acids is 1. The first-order valence-corrected chi connectivity index (χ1v) is 7.22. The van der Waals surface area contributed by atoms with Gasteiger partial charge in [-0.15, -0.1) is 13.2 Å². The van der Waals surface area contributed by atoms with Crippen molar-refractivity contribution in [3.63, 3.8) is 0 Å². The normalized spacial score (nSPS) is 16.1. The van der Waals surface area contributed by atoms with Crippen molar-refractivity contribution >= 4 is 12.0 Å².